The molecule has 0 aliphatic carbocycles. The summed E-state index contributed by atoms with van der Waals surface area (Å²) in [5.74, 6) is -0.304. The minimum absolute atomic E-state index is 0.304. The first kappa shape index (κ1) is 17.5. The fourth-order valence-corrected chi connectivity index (χ4v) is 2.74. The van der Waals surface area contributed by atoms with Gasteiger partial charge in [-0.2, -0.15) is 0 Å². The summed E-state index contributed by atoms with van der Waals surface area (Å²) < 4.78 is 0. The Morgan fingerprint density at radius 3 is 2.39 bits per heavy atom. The molecule has 0 saturated carbocycles. The highest BCUT2D eigenvalue weighted by atomic mass is 32.2. The first-order chi connectivity index (χ1) is 11.1. The molecule has 0 saturated heterocycles. The lowest BCUT2D eigenvalue weighted by molar-refractivity contribution is 0.0702. The summed E-state index contributed by atoms with van der Waals surface area (Å²) >= 11 is 1.61. The lowest BCUT2D eigenvalue weighted by atomic mass is 10.0. The van der Waals surface area contributed by atoms with Gasteiger partial charge in [0.15, 0.2) is 0 Å². The molecule has 2 rings (SSSR count). The summed E-state index contributed by atoms with van der Waals surface area (Å²) in [5.41, 5.74) is 2.04. The van der Waals surface area contributed by atoms with E-state index < -0.39 is 12.1 Å². The van der Waals surface area contributed by atoms with Gasteiger partial charge in [0.25, 0.3) is 5.91 Å². The summed E-state index contributed by atoms with van der Waals surface area (Å²) in [5, 5.41) is 22.7. The van der Waals surface area contributed by atoms with Crippen molar-refractivity contribution < 1.29 is 15.0 Å². The smallest absolute Gasteiger partial charge is 0.251 e. The number of carbonyl (C=O) groups excluding carboxylic acids is 1. The third-order valence-electron chi connectivity index (χ3n) is 3.74. The average molecular weight is 331 g/mol. The number of thioether (sulfide) groups is 1. The van der Waals surface area contributed by atoms with E-state index in [1.165, 1.54) is 0 Å². The van der Waals surface area contributed by atoms with E-state index in [2.05, 4.69) is 5.32 Å². The summed E-state index contributed by atoms with van der Waals surface area (Å²) in [4.78, 5) is 13.4. The molecule has 1 amide bonds. The second kappa shape index (κ2) is 8.15. The minimum atomic E-state index is -0.969. The highest BCUT2D eigenvalue weighted by Gasteiger charge is 2.23. The van der Waals surface area contributed by atoms with Gasteiger partial charge in [-0.15, -0.1) is 11.8 Å². The van der Waals surface area contributed by atoms with Gasteiger partial charge in [-0.1, -0.05) is 30.3 Å². The molecule has 2 aromatic carbocycles. The summed E-state index contributed by atoms with van der Waals surface area (Å²) in [6.07, 6.45) is 1.01. The highest BCUT2D eigenvalue weighted by Crippen LogP contribution is 2.21. The van der Waals surface area contributed by atoms with Gasteiger partial charge in [0, 0.05) is 10.5 Å². The maximum absolute atomic E-state index is 12.3. The Bertz CT molecular complexity index is 658. The molecule has 122 valence electrons. The van der Waals surface area contributed by atoms with Crippen LogP contribution in [0.2, 0.25) is 0 Å². The average Bonchev–Trinajstić information content (AvgIpc) is 2.59. The number of aliphatic hydroxyl groups is 2. The lowest BCUT2D eigenvalue weighted by Gasteiger charge is -2.23. The molecule has 3 N–H and O–H groups in total. The van der Waals surface area contributed by atoms with Crippen molar-refractivity contribution in [3.05, 3.63) is 65.2 Å². The lowest BCUT2D eigenvalue weighted by Crippen LogP contribution is -2.42. The molecular formula is C18H21NO3S. The van der Waals surface area contributed by atoms with Gasteiger partial charge in [-0.3, -0.25) is 4.79 Å². The summed E-state index contributed by atoms with van der Waals surface area (Å²) in [7, 11) is 0. The van der Waals surface area contributed by atoms with Crippen LogP contribution in [-0.4, -0.2) is 35.0 Å². The second-order valence-corrected chi connectivity index (χ2v) is 6.18. The number of nitrogens with one attached hydrogen (secondary N) is 1. The van der Waals surface area contributed by atoms with Gasteiger partial charge in [-0.25, -0.2) is 0 Å². The first-order valence-corrected chi connectivity index (χ1v) is 8.58. The molecule has 4 nitrogen and oxygen atoms in total. The number of aryl methyl sites for hydroxylation is 1. The molecule has 0 bridgehead atoms. The fraction of sp³-hybridized carbons (Fsp3) is 0.278. The van der Waals surface area contributed by atoms with Gasteiger partial charge < -0.3 is 15.5 Å². The maximum Gasteiger partial charge on any atom is 0.251 e. The fourth-order valence-electron chi connectivity index (χ4n) is 2.33. The molecule has 0 aromatic heterocycles. The van der Waals surface area contributed by atoms with Crippen molar-refractivity contribution in [3.8, 4) is 0 Å². The number of hydrogen-bond donors (Lipinski definition) is 3. The van der Waals surface area contributed by atoms with Gasteiger partial charge in [0.1, 0.15) is 6.10 Å². The molecule has 0 radical (unpaired) electrons. The zero-order chi connectivity index (χ0) is 16.8. The van der Waals surface area contributed by atoms with Crippen LogP contribution >= 0.6 is 11.8 Å². The number of aliphatic hydroxyl groups excluding tert-OH is 2. The molecule has 0 unspecified atom stereocenters. The van der Waals surface area contributed by atoms with Gasteiger partial charge in [-0.05, 0) is 42.5 Å². The topological polar surface area (TPSA) is 69.6 Å². The molecule has 0 fully saturated rings. The molecule has 2 aromatic rings. The van der Waals surface area contributed by atoms with E-state index >= 15 is 0 Å². The zero-order valence-electron chi connectivity index (χ0n) is 13.2. The molecule has 5 heteroatoms. The van der Waals surface area contributed by atoms with Crippen molar-refractivity contribution in [1.82, 2.24) is 5.32 Å². The highest BCUT2D eigenvalue weighted by molar-refractivity contribution is 7.98. The number of rotatable bonds is 6. The Morgan fingerprint density at radius 2 is 1.83 bits per heavy atom. The van der Waals surface area contributed by atoms with Crippen LogP contribution < -0.4 is 5.32 Å². The van der Waals surface area contributed by atoms with Gasteiger partial charge >= 0.3 is 0 Å². The molecular weight excluding hydrogens is 310 g/mol. The first-order valence-electron chi connectivity index (χ1n) is 7.36. The standard InChI is InChI=1S/C18H21NO3S/c1-12-5-3-4-6-15(12)18(22)19-16(11-20)17(21)13-7-9-14(23-2)10-8-13/h3-10,16-17,20-21H,11H2,1-2H3,(H,19,22)/t16-,17-/m0/s1. The zero-order valence-corrected chi connectivity index (χ0v) is 14.0. The van der Waals surface area contributed by atoms with Crippen molar-refractivity contribution in [1.29, 1.82) is 0 Å². The quantitative estimate of drug-likeness (QED) is 0.712. The monoisotopic (exact) mass is 331 g/mol. The van der Waals surface area contributed by atoms with Crippen LogP contribution in [0.4, 0.5) is 0 Å². The molecule has 0 aliphatic rings. The number of benzene rings is 2. The largest absolute Gasteiger partial charge is 0.394 e. The van der Waals surface area contributed by atoms with Crippen LogP contribution in [0, 0.1) is 6.92 Å². The van der Waals surface area contributed by atoms with Crippen LogP contribution in [0.5, 0.6) is 0 Å². The normalized spacial score (nSPS) is 13.4. The number of hydrogen-bond acceptors (Lipinski definition) is 4. The van der Waals surface area contributed by atoms with E-state index in [0.717, 1.165) is 10.5 Å². The van der Waals surface area contributed by atoms with Crippen LogP contribution in [0.15, 0.2) is 53.4 Å². The Labute approximate surface area is 140 Å². The van der Waals surface area contributed by atoms with Crippen molar-refractivity contribution >= 4 is 17.7 Å². The molecule has 0 heterocycles. The van der Waals surface area contributed by atoms with Crippen molar-refractivity contribution in [2.45, 2.75) is 24.0 Å². The SMILES string of the molecule is CSc1ccc([C@H](O)[C@H](CO)NC(=O)c2ccccc2C)cc1. The van der Waals surface area contributed by atoms with Gasteiger partial charge in [0.05, 0.1) is 12.6 Å². The number of carbonyl (C=O) groups is 1. The molecule has 0 aliphatic heterocycles. The molecule has 23 heavy (non-hydrogen) atoms. The van der Waals surface area contributed by atoms with E-state index in [1.807, 2.05) is 37.4 Å². The third-order valence-corrected chi connectivity index (χ3v) is 4.48. The molecule has 2 atom stereocenters. The van der Waals surface area contributed by atoms with Crippen molar-refractivity contribution in [2.24, 2.45) is 0 Å². The Hall–Kier alpha value is -1.82. The van der Waals surface area contributed by atoms with E-state index in [-0.39, 0.29) is 12.5 Å². The maximum atomic E-state index is 12.3. The Kier molecular flexibility index (Phi) is 6.21. The minimum Gasteiger partial charge on any atom is -0.394 e. The van der Waals surface area contributed by atoms with Crippen LogP contribution in [0.3, 0.4) is 0 Å². The second-order valence-electron chi connectivity index (χ2n) is 5.30. The summed E-state index contributed by atoms with van der Waals surface area (Å²) in [6, 6.07) is 13.9. The Balaban J connectivity index is 2.12. The van der Waals surface area contributed by atoms with Crippen molar-refractivity contribution in [2.75, 3.05) is 12.9 Å². The van der Waals surface area contributed by atoms with Crippen LogP contribution in [0.25, 0.3) is 0 Å². The number of amides is 1. The van der Waals surface area contributed by atoms with E-state index in [0.29, 0.717) is 11.1 Å². The van der Waals surface area contributed by atoms with E-state index in [4.69, 9.17) is 0 Å². The van der Waals surface area contributed by atoms with Gasteiger partial charge in [0.2, 0.25) is 0 Å². The summed E-state index contributed by atoms with van der Waals surface area (Å²) in [6.45, 7) is 1.50. The molecule has 0 spiro atoms. The van der Waals surface area contributed by atoms with E-state index in [9.17, 15) is 15.0 Å². The predicted molar refractivity (Wildman–Crippen MR) is 92.7 cm³/mol. The third kappa shape index (κ3) is 4.34. The predicted octanol–water partition coefficient (Wildman–Crippen LogP) is 2.54. The van der Waals surface area contributed by atoms with E-state index in [1.54, 1.807) is 36.0 Å². The van der Waals surface area contributed by atoms with Crippen LogP contribution in [-0.2, 0) is 0 Å². The van der Waals surface area contributed by atoms with Crippen molar-refractivity contribution in [3.63, 3.8) is 0 Å². The van der Waals surface area contributed by atoms with Crippen LogP contribution in [0.1, 0.15) is 27.6 Å². The Morgan fingerprint density at radius 1 is 1.17 bits per heavy atom.